The Morgan fingerprint density at radius 2 is 1.83 bits per heavy atom. The highest BCUT2D eigenvalue weighted by atomic mass is 32.1. The van der Waals surface area contributed by atoms with E-state index in [1.54, 1.807) is 31.2 Å². The molecule has 2 heterocycles. The number of benzene rings is 1. The highest BCUT2D eigenvalue weighted by Gasteiger charge is 2.61. The molecule has 2 aliphatic carbocycles. The third-order valence-corrected chi connectivity index (χ3v) is 8.63. The zero-order valence-corrected chi connectivity index (χ0v) is 17.7. The second kappa shape index (κ2) is 5.75. The minimum Gasteiger partial charge on any atom is -0.300 e. The van der Waals surface area contributed by atoms with Crippen molar-refractivity contribution in [3.8, 4) is 0 Å². The Bertz CT molecular complexity index is 1050. The first-order valence-corrected chi connectivity index (χ1v) is 10.8. The number of rotatable bonds is 3. The van der Waals surface area contributed by atoms with E-state index >= 15 is 0 Å². The summed E-state index contributed by atoms with van der Waals surface area (Å²) >= 11 is 1.53. The standard InChI is InChI=1S/C22H23N3O3S/c1-11(25-18(27)12-7-5-6-8-13(12)19(25)28)17(26)24-20-23-16-15(29-20)14-9-10-22(16,4)21(14,2)3/h5-8,11,14H,9-10H2,1-4H3,(H,23,24,26). The highest BCUT2D eigenvalue weighted by Crippen LogP contribution is 2.68. The van der Waals surface area contributed by atoms with Gasteiger partial charge in [-0.15, -0.1) is 11.3 Å². The normalized spacial score (nSPS) is 27.2. The smallest absolute Gasteiger partial charge is 0.262 e. The summed E-state index contributed by atoms with van der Waals surface area (Å²) < 4.78 is 0. The van der Waals surface area contributed by atoms with Gasteiger partial charge in [0.2, 0.25) is 5.91 Å². The summed E-state index contributed by atoms with van der Waals surface area (Å²) in [6.07, 6.45) is 2.26. The molecule has 2 aromatic rings. The Labute approximate surface area is 173 Å². The molecule has 29 heavy (non-hydrogen) atoms. The van der Waals surface area contributed by atoms with Crippen LogP contribution in [0.3, 0.4) is 0 Å². The Hall–Kier alpha value is -2.54. The highest BCUT2D eigenvalue weighted by molar-refractivity contribution is 7.16. The maximum Gasteiger partial charge on any atom is 0.262 e. The summed E-state index contributed by atoms with van der Waals surface area (Å²) in [7, 11) is 0. The first-order valence-electron chi connectivity index (χ1n) is 9.96. The molecule has 6 nitrogen and oxygen atoms in total. The molecule has 3 unspecified atom stereocenters. The number of imide groups is 1. The lowest BCUT2D eigenvalue weighted by molar-refractivity contribution is -0.119. The van der Waals surface area contributed by atoms with E-state index in [2.05, 4.69) is 26.1 Å². The first-order chi connectivity index (χ1) is 13.7. The van der Waals surface area contributed by atoms with Gasteiger partial charge in [-0.1, -0.05) is 32.9 Å². The van der Waals surface area contributed by atoms with Gasteiger partial charge in [-0.25, -0.2) is 4.98 Å². The summed E-state index contributed by atoms with van der Waals surface area (Å²) in [5, 5.41) is 3.40. The zero-order chi connectivity index (χ0) is 20.7. The van der Waals surface area contributed by atoms with Crippen LogP contribution in [0, 0.1) is 5.41 Å². The van der Waals surface area contributed by atoms with E-state index in [-0.39, 0.29) is 10.8 Å². The third-order valence-electron chi connectivity index (χ3n) is 7.54. The molecule has 1 aliphatic heterocycles. The molecule has 0 radical (unpaired) electrons. The number of carbonyl (C=O) groups is 3. The van der Waals surface area contributed by atoms with Gasteiger partial charge in [0.05, 0.1) is 16.8 Å². The molecule has 0 saturated heterocycles. The van der Waals surface area contributed by atoms with Gasteiger partial charge in [-0.2, -0.15) is 0 Å². The Balaban J connectivity index is 1.38. The number of aromatic nitrogens is 1. The number of hydrogen-bond donors (Lipinski definition) is 1. The van der Waals surface area contributed by atoms with Gasteiger partial charge in [0, 0.05) is 16.2 Å². The van der Waals surface area contributed by atoms with Crippen LogP contribution in [0.2, 0.25) is 0 Å². The van der Waals surface area contributed by atoms with E-state index in [9.17, 15) is 14.4 Å². The predicted octanol–water partition coefficient (Wildman–Crippen LogP) is 3.94. The minimum atomic E-state index is -0.912. The Morgan fingerprint density at radius 3 is 2.41 bits per heavy atom. The number of amides is 3. The Morgan fingerprint density at radius 1 is 1.21 bits per heavy atom. The summed E-state index contributed by atoms with van der Waals surface area (Å²) in [4.78, 5) is 45.2. The van der Waals surface area contributed by atoms with E-state index < -0.39 is 23.8 Å². The lowest BCUT2D eigenvalue weighted by atomic mass is 9.70. The average Bonchev–Trinajstić information content (AvgIpc) is 3.32. The largest absolute Gasteiger partial charge is 0.300 e. The average molecular weight is 410 g/mol. The molecule has 1 saturated carbocycles. The Kier molecular flexibility index (Phi) is 3.67. The molecule has 3 amide bonds. The van der Waals surface area contributed by atoms with Gasteiger partial charge in [-0.05, 0) is 37.3 Å². The number of nitrogens with one attached hydrogen (secondary N) is 1. The molecule has 3 atom stereocenters. The van der Waals surface area contributed by atoms with Crippen molar-refractivity contribution in [3.63, 3.8) is 0 Å². The van der Waals surface area contributed by atoms with E-state index in [0.29, 0.717) is 22.2 Å². The van der Waals surface area contributed by atoms with Crippen molar-refractivity contribution in [3.05, 3.63) is 46.0 Å². The topological polar surface area (TPSA) is 79.4 Å². The van der Waals surface area contributed by atoms with Crippen molar-refractivity contribution in [1.29, 1.82) is 0 Å². The summed E-state index contributed by atoms with van der Waals surface area (Å²) in [5.41, 5.74) is 2.00. The van der Waals surface area contributed by atoms with Crippen LogP contribution in [-0.4, -0.2) is 33.6 Å². The SMILES string of the molecule is CC(C(=O)Nc1nc2c(s1)C1CCC2(C)C1(C)C)N1C(=O)c2ccccc2C1=O. The molecule has 1 fully saturated rings. The third kappa shape index (κ3) is 2.22. The molecule has 1 aromatic carbocycles. The van der Waals surface area contributed by atoms with Crippen molar-refractivity contribution in [2.45, 2.75) is 57.9 Å². The molecule has 3 aliphatic rings. The van der Waals surface area contributed by atoms with Crippen molar-refractivity contribution < 1.29 is 14.4 Å². The van der Waals surface area contributed by atoms with Crippen LogP contribution in [0.25, 0.3) is 0 Å². The molecular formula is C22H23N3O3S. The minimum absolute atomic E-state index is 0.0284. The molecule has 5 rings (SSSR count). The van der Waals surface area contributed by atoms with Crippen LogP contribution < -0.4 is 5.32 Å². The zero-order valence-electron chi connectivity index (χ0n) is 16.9. The fraction of sp³-hybridized carbons (Fsp3) is 0.455. The van der Waals surface area contributed by atoms with E-state index in [4.69, 9.17) is 4.98 Å². The van der Waals surface area contributed by atoms with E-state index in [1.165, 1.54) is 16.2 Å². The lowest BCUT2D eigenvalue weighted by Crippen LogP contribution is -2.45. The number of hydrogen-bond acceptors (Lipinski definition) is 5. The van der Waals surface area contributed by atoms with Crippen LogP contribution in [0.4, 0.5) is 5.13 Å². The number of carbonyl (C=O) groups excluding carboxylic acids is 3. The summed E-state index contributed by atoms with van der Waals surface area (Å²) in [6, 6.07) is 5.75. The number of nitrogens with zero attached hydrogens (tertiary/aromatic N) is 2. The number of anilines is 1. The first kappa shape index (κ1) is 18.5. The van der Waals surface area contributed by atoms with Crippen LogP contribution >= 0.6 is 11.3 Å². The molecular weight excluding hydrogens is 386 g/mol. The van der Waals surface area contributed by atoms with Gasteiger partial charge in [0.1, 0.15) is 6.04 Å². The van der Waals surface area contributed by atoms with Crippen LogP contribution in [0.5, 0.6) is 0 Å². The lowest BCUT2D eigenvalue weighted by Gasteiger charge is -2.34. The maximum absolute atomic E-state index is 12.9. The van der Waals surface area contributed by atoms with Crippen molar-refractivity contribution in [2.24, 2.45) is 5.41 Å². The van der Waals surface area contributed by atoms with Crippen LogP contribution in [0.1, 0.15) is 77.7 Å². The van der Waals surface area contributed by atoms with E-state index in [1.807, 2.05) is 0 Å². The fourth-order valence-electron chi connectivity index (χ4n) is 5.29. The van der Waals surface area contributed by atoms with Crippen molar-refractivity contribution in [1.82, 2.24) is 9.88 Å². The van der Waals surface area contributed by atoms with Crippen molar-refractivity contribution >= 4 is 34.2 Å². The van der Waals surface area contributed by atoms with Crippen LogP contribution in [0.15, 0.2) is 24.3 Å². The molecule has 0 spiro atoms. The molecule has 1 N–H and O–H groups in total. The molecule has 7 heteroatoms. The van der Waals surface area contributed by atoms with E-state index in [0.717, 1.165) is 23.4 Å². The molecule has 2 bridgehead atoms. The van der Waals surface area contributed by atoms with Gasteiger partial charge in [0.15, 0.2) is 5.13 Å². The monoisotopic (exact) mass is 409 g/mol. The van der Waals surface area contributed by atoms with Gasteiger partial charge < -0.3 is 5.32 Å². The number of thiazole rings is 1. The fourth-order valence-corrected chi connectivity index (χ4v) is 6.71. The summed E-state index contributed by atoms with van der Waals surface area (Å²) in [6.45, 7) is 8.46. The summed E-state index contributed by atoms with van der Waals surface area (Å²) in [5.74, 6) is -0.785. The van der Waals surface area contributed by atoms with Gasteiger partial charge in [-0.3, -0.25) is 19.3 Å². The molecule has 150 valence electrons. The quantitative estimate of drug-likeness (QED) is 0.779. The molecule has 1 aromatic heterocycles. The van der Waals surface area contributed by atoms with Crippen LogP contribution in [-0.2, 0) is 10.2 Å². The van der Waals surface area contributed by atoms with Crippen molar-refractivity contribution in [2.75, 3.05) is 5.32 Å². The predicted molar refractivity (Wildman–Crippen MR) is 110 cm³/mol. The number of fused-ring (bicyclic) bond motifs is 6. The van der Waals surface area contributed by atoms with Gasteiger partial charge in [0.25, 0.3) is 11.8 Å². The van der Waals surface area contributed by atoms with Gasteiger partial charge >= 0.3 is 0 Å². The maximum atomic E-state index is 12.9. The second-order valence-electron chi connectivity index (χ2n) is 9.07. The second-order valence-corrected chi connectivity index (χ2v) is 10.1.